The number of fused-ring (bicyclic) bond motifs is 1. The minimum Gasteiger partial charge on any atom is -0.431 e. The number of carbonyl (C=O) groups is 1. The minimum absolute atomic E-state index is 0.00310. The number of rotatable bonds is 8. The zero-order valence-corrected chi connectivity index (χ0v) is 14.2. The highest BCUT2D eigenvalue weighted by Gasteiger charge is 2.20. The molecule has 126 valence electrons. The maximum absolute atomic E-state index is 12.3. The number of aromatic nitrogens is 4. The van der Waals surface area contributed by atoms with E-state index in [0.717, 1.165) is 24.1 Å². The molecule has 0 saturated carbocycles. The SMILES string of the molecule is CC[C@H](Sc1nc2ccccc2o1)C(=O)NCCCn1ccnn1. The second kappa shape index (κ2) is 7.96. The number of benzene rings is 1. The van der Waals surface area contributed by atoms with Gasteiger partial charge in [-0.3, -0.25) is 9.48 Å². The van der Waals surface area contributed by atoms with Crippen LogP contribution in [0.1, 0.15) is 19.8 Å². The molecule has 0 fully saturated rings. The van der Waals surface area contributed by atoms with Crippen molar-refractivity contribution in [3.63, 3.8) is 0 Å². The van der Waals surface area contributed by atoms with Gasteiger partial charge in [0.25, 0.3) is 5.22 Å². The van der Waals surface area contributed by atoms with E-state index in [9.17, 15) is 4.79 Å². The summed E-state index contributed by atoms with van der Waals surface area (Å²) in [6.45, 7) is 3.31. The summed E-state index contributed by atoms with van der Waals surface area (Å²) in [4.78, 5) is 16.7. The van der Waals surface area contributed by atoms with Crippen molar-refractivity contribution >= 4 is 28.8 Å². The Morgan fingerprint density at radius 1 is 1.42 bits per heavy atom. The van der Waals surface area contributed by atoms with E-state index in [1.54, 1.807) is 17.1 Å². The molecule has 2 heterocycles. The monoisotopic (exact) mass is 345 g/mol. The Bertz CT molecular complexity index is 754. The number of nitrogens with one attached hydrogen (secondary N) is 1. The van der Waals surface area contributed by atoms with Crippen LogP contribution in [0.4, 0.5) is 0 Å². The zero-order chi connectivity index (χ0) is 16.8. The first-order valence-corrected chi connectivity index (χ1v) is 8.78. The molecule has 7 nitrogen and oxygen atoms in total. The van der Waals surface area contributed by atoms with Gasteiger partial charge in [-0.05, 0) is 25.0 Å². The second-order valence-electron chi connectivity index (χ2n) is 5.27. The van der Waals surface area contributed by atoms with Crippen LogP contribution in [-0.4, -0.2) is 37.7 Å². The first kappa shape index (κ1) is 16.5. The normalized spacial score (nSPS) is 12.4. The Labute approximate surface area is 143 Å². The highest BCUT2D eigenvalue weighted by Crippen LogP contribution is 2.28. The third-order valence-corrected chi connectivity index (χ3v) is 4.72. The number of aryl methyl sites for hydroxylation is 1. The molecular formula is C16H19N5O2S. The van der Waals surface area contributed by atoms with Gasteiger partial charge in [-0.25, -0.2) is 4.98 Å². The molecule has 24 heavy (non-hydrogen) atoms. The van der Waals surface area contributed by atoms with Crippen LogP contribution in [-0.2, 0) is 11.3 Å². The Balaban J connectivity index is 1.50. The molecule has 1 N–H and O–H groups in total. The number of hydrogen-bond acceptors (Lipinski definition) is 6. The Morgan fingerprint density at radius 2 is 2.29 bits per heavy atom. The summed E-state index contributed by atoms with van der Waals surface area (Å²) < 4.78 is 7.42. The van der Waals surface area contributed by atoms with E-state index in [2.05, 4.69) is 20.6 Å². The van der Waals surface area contributed by atoms with E-state index >= 15 is 0 Å². The van der Waals surface area contributed by atoms with E-state index in [-0.39, 0.29) is 11.2 Å². The average Bonchev–Trinajstić information content (AvgIpc) is 3.25. The van der Waals surface area contributed by atoms with Gasteiger partial charge in [-0.15, -0.1) is 5.10 Å². The van der Waals surface area contributed by atoms with Crippen LogP contribution in [0, 0.1) is 0 Å². The Kier molecular flexibility index (Phi) is 5.47. The standard InChI is InChI=1S/C16H19N5O2S/c1-2-14(15(22)17-8-5-10-21-11-9-18-20-21)24-16-19-12-6-3-4-7-13(12)23-16/h3-4,6-7,9,11,14H,2,5,8,10H2,1H3,(H,17,22)/t14-/m0/s1. The molecular weight excluding hydrogens is 326 g/mol. The highest BCUT2D eigenvalue weighted by atomic mass is 32.2. The van der Waals surface area contributed by atoms with Crippen molar-refractivity contribution in [2.75, 3.05) is 6.54 Å². The predicted octanol–water partition coefficient (Wildman–Crippen LogP) is 2.50. The lowest BCUT2D eigenvalue weighted by Crippen LogP contribution is -2.33. The van der Waals surface area contributed by atoms with Crippen molar-refractivity contribution in [1.82, 2.24) is 25.3 Å². The van der Waals surface area contributed by atoms with Gasteiger partial charge >= 0.3 is 0 Å². The molecule has 0 saturated heterocycles. The first-order chi connectivity index (χ1) is 11.8. The molecule has 2 aromatic heterocycles. The third-order valence-electron chi connectivity index (χ3n) is 3.52. The van der Waals surface area contributed by atoms with Crippen LogP contribution in [0.2, 0.25) is 0 Å². The van der Waals surface area contributed by atoms with Crippen molar-refractivity contribution in [2.24, 2.45) is 0 Å². The Morgan fingerprint density at radius 3 is 3.04 bits per heavy atom. The molecule has 3 rings (SSSR count). The lowest BCUT2D eigenvalue weighted by atomic mass is 10.3. The first-order valence-electron chi connectivity index (χ1n) is 7.90. The lowest BCUT2D eigenvalue weighted by Gasteiger charge is -2.12. The van der Waals surface area contributed by atoms with Crippen molar-refractivity contribution < 1.29 is 9.21 Å². The predicted molar refractivity (Wildman–Crippen MR) is 91.6 cm³/mol. The maximum atomic E-state index is 12.3. The van der Waals surface area contributed by atoms with Gasteiger partial charge < -0.3 is 9.73 Å². The number of carbonyl (C=O) groups excluding carboxylic acids is 1. The van der Waals surface area contributed by atoms with Gasteiger partial charge in [0.05, 0.1) is 11.4 Å². The minimum atomic E-state index is -0.218. The van der Waals surface area contributed by atoms with Crippen molar-refractivity contribution in [2.45, 2.75) is 36.8 Å². The molecule has 1 atom stereocenters. The van der Waals surface area contributed by atoms with E-state index in [1.165, 1.54) is 11.8 Å². The fourth-order valence-corrected chi connectivity index (χ4v) is 3.15. The van der Waals surface area contributed by atoms with Crippen molar-refractivity contribution in [1.29, 1.82) is 0 Å². The number of nitrogens with zero attached hydrogens (tertiary/aromatic N) is 4. The topological polar surface area (TPSA) is 85.8 Å². The van der Waals surface area contributed by atoms with E-state index in [0.29, 0.717) is 18.2 Å². The third kappa shape index (κ3) is 4.14. The van der Waals surface area contributed by atoms with Crippen LogP contribution >= 0.6 is 11.8 Å². The fourth-order valence-electron chi connectivity index (χ4n) is 2.26. The number of amides is 1. The molecule has 0 aliphatic heterocycles. The molecule has 0 unspecified atom stereocenters. The lowest BCUT2D eigenvalue weighted by molar-refractivity contribution is -0.120. The van der Waals surface area contributed by atoms with Gasteiger partial charge in [-0.2, -0.15) is 0 Å². The number of para-hydroxylation sites is 2. The number of oxazole rings is 1. The van der Waals surface area contributed by atoms with Crippen LogP contribution in [0.3, 0.4) is 0 Å². The number of thioether (sulfide) groups is 1. The largest absolute Gasteiger partial charge is 0.431 e. The van der Waals surface area contributed by atoms with Gasteiger partial charge in [0.1, 0.15) is 5.52 Å². The van der Waals surface area contributed by atoms with Crippen molar-refractivity contribution in [3.05, 3.63) is 36.7 Å². The summed E-state index contributed by atoms with van der Waals surface area (Å²) in [5.41, 5.74) is 1.55. The van der Waals surface area contributed by atoms with Crippen LogP contribution in [0.5, 0.6) is 0 Å². The quantitative estimate of drug-likeness (QED) is 0.499. The van der Waals surface area contributed by atoms with Crippen molar-refractivity contribution in [3.8, 4) is 0 Å². The summed E-state index contributed by atoms with van der Waals surface area (Å²) in [5, 5.41) is 10.9. The van der Waals surface area contributed by atoms with E-state index < -0.39 is 0 Å². The summed E-state index contributed by atoms with van der Waals surface area (Å²) in [5.74, 6) is 0.00310. The molecule has 0 radical (unpaired) electrons. The van der Waals surface area contributed by atoms with Gasteiger partial charge in [0.2, 0.25) is 5.91 Å². The summed E-state index contributed by atoms with van der Waals surface area (Å²) in [7, 11) is 0. The molecule has 8 heteroatoms. The molecule has 1 aromatic carbocycles. The highest BCUT2D eigenvalue weighted by molar-refractivity contribution is 8.00. The van der Waals surface area contributed by atoms with Crippen LogP contribution in [0.15, 0.2) is 46.3 Å². The van der Waals surface area contributed by atoms with Crippen LogP contribution < -0.4 is 5.32 Å². The average molecular weight is 345 g/mol. The molecule has 0 spiro atoms. The summed E-state index contributed by atoms with van der Waals surface area (Å²) >= 11 is 1.36. The zero-order valence-electron chi connectivity index (χ0n) is 13.4. The van der Waals surface area contributed by atoms with E-state index in [1.807, 2.05) is 31.2 Å². The summed E-state index contributed by atoms with van der Waals surface area (Å²) in [6.07, 6.45) is 4.96. The molecule has 0 aliphatic carbocycles. The van der Waals surface area contributed by atoms with Crippen LogP contribution in [0.25, 0.3) is 11.1 Å². The second-order valence-corrected chi connectivity index (χ2v) is 6.43. The van der Waals surface area contributed by atoms with Gasteiger partial charge in [-0.1, -0.05) is 36.0 Å². The molecule has 0 bridgehead atoms. The molecule has 1 amide bonds. The smallest absolute Gasteiger partial charge is 0.257 e. The van der Waals surface area contributed by atoms with Gasteiger partial charge in [0, 0.05) is 19.3 Å². The molecule has 3 aromatic rings. The summed E-state index contributed by atoms with van der Waals surface area (Å²) in [6, 6.07) is 7.59. The number of hydrogen-bond donors (Lipinski definition) is 1. The maximum Gasteiger partial charge on any atom is 0.257 e. The van der Waals surface area contributed by atoms with E-state index in [4.69, 9.17) is 4.42 Å². The van der Waals surface area contributed by atoms with Gasteiger partial charge in [0.15, 0.2) is 5.58 Å². The fraction of sp³-hybridized carbons (Fsp3) is 0.375. The molecule has 0 aliphatic rings. The Hall–Kier alpha value is -2.35.